The third-order valence-electron chi connectivity index (χ3n) is 7.23. The van der Waals surface area contributed by atoms with Crippen LogP contribution in [-0.4, -0.2) is 92.4 Å². The topological polar surface area (TPSA) is 81.2 Å². The molecule has 0 saturated carbocycles. The second kappa shape index (κ2) is 8.52. The van der Waals surface area contributed by atoms with Gasteiger partial charge in [-0.2, -0.15) is 0 Å². The molecule has 0 aromatic carbocycles. The summed E-state index contributed by atoms with van der Waals surface area (Å²) in [6.07, 6.45) is 10.4. The van der Waals surface area contributed by atoms with Crippen molar-refractivity contribution in [1.29, 1.82) is 0 Å². The standard InChI is InChI=1S/C24H35N3O4S/c1-23(2,3)27-14-9-11-24-18(17-16(32-24)10-8-12-25(4)20(17)29)21(30)26(19(24)22(27)31)13-6-5-7-15-28/h8-11,16-19,28H,5-7,12-15H2,1-4H3/t16-,17+,18-,19?,24-/m0/s1. The fraction of sp³-hybridized carbons (Fsp3) is 0.708. The lowest BCUT2D eigenvalue weighted by atomic mass is 9.78. The number of aliphatic hydroxyl groups is 1. The number of nitrogens with zero attached hydrogens (tertiary/aromatic N) is 3. The molecule has 8 heteroatoms. The number of thioether (sulfide) groups is 1. The minimum atomic E-state index is -0.737. The maximum atomic E-state index is 14.0. The van der Waals surface area contributed by atoms with Crippen molar-refractivity contribution in [2.45, 2.75) is 61.6 Å². The highest BCUT2D eigenvalue weighted by atomic mass is 32.2. The second-order valence-electron chi connectivity index (χ2n) is 10.3. The van der Waals surface area contributed by atoms with Crippen LogP contribution in [0.25, 0.3) is 0 Å². The zero-order chi connectivity index (χ0) is 23.3. The number of fused-ring (bicyclic) bond motifs is 2. The minimum Gasteiger partial charge on any atom is -0.396 e. The average Bonchev–Trinajstić information content (AvgIpc) is 3.03. The predicted molar refractivity (Wildman–Crippen MR) is 125 cm³/mol. The maximum Gasteiger partial charge on any atom is 0.247 e. The molecule has 7 nitrogen and oxygen atoms in total. The number of amides is 3. The van der Waals surface area contributed by atoms with Crippen molar-refractivity contribution in [1.82, 2.24) is 14.7 Å². The zero-order valence-corrected chi connectivity index (χ0v) is 20.3. The summed E-state index contributed by atoms with van der Waals surface area (Å²) in [6, 6.07) is -0.615. The van der Waals surface area contributed by atoms with E-state index >= 15 is 0 Å². The minimum absolute atomic E-state index is 0.0126. The largest absolute Gasteiger partial charge is 0.396 e. The van der Waals surface area contributed by atoms with E-state index in [1.165, 1.54) is 0 Å². The Kier molecular flexibility index (Phi) is 6.22. The molecular formula is C24H35N3O4S. The van der Waals surface area contributed by atoms with Crippen molar-refractivity contribution in [2.75, 3.05) is 33.3 Å². The van der Waals surface area contributed by atoms with E-state index in [1.807, 2.05) is 37.8 Å². The molecule has 4 aliphatic heterocycles. The normalized spacial score (nSPS) is 34.5. The Morgan fingerprint density at radius 2 is 1.81 bits per heavy atom. The van der Waals surface area contributed by atoms with Gasteiger partial charge >= 0.3 is 0 Å². The van der Waals surface area contributed by atoms with Crippen molar-refractivity contribution in [3.8, 4) is 0 Å². The Bertz CT molecular complexity index is 851. The van der Waals surface area contributed by atoms with Crippen LogP contribution in [0.4, 0.5) is 0 Å². The highest BCUT2D eigenvalue weighted by molar-refractivity contribution is 8.02. The number of likely N-dealkylation sites (N-methyl/N-ethyl adjacent to an activating group) is 1. The number of likely N-dealkylation sites (tertiary alicyclic amines) is 1. The van der Waals surface area contributed by atoms with Gasteiger partial charge in [-0.1, -0.05) is 24.3 Å². The van der Waals surface area contributed by atoms with E-state index in [0.29, 0.717) is 26.1 Å². The number of hydrogen-bond acceptors (Lipinski definition) is 5. The van der Waals surface area contributed by atoms with Crippen LogP contribution >= 0.6 is 11.8 Å². The van der Waals surface area contributed by atoms with Gasteiger partial charge < -0.3 is 19.8 Å². The molecule has 0 bridgehead atoms. The number of aliphatic hydroxyl groups excluding tert-OH is 1. The van der Waals surface area contributed by atoms with Gasteiger partial charge in [-0.05, 0) is 40.0 Å². The van der Waals surface area contributed by atoms with Gasteiger partial charge in [0.2, 0.25) is 17.7 Å². The van der Waals surface area contributed by atoms with Crippen molar-refractivity contribution in [3.63, 3.8) is 0 Å². The third kappa shape index (κ3) is 3.59. The molecule has 4 aliphatic rings. The fourth-order valence-corrected chi connectivity index (χ4v) is 7.68. The molecule has 0 aromatic heterocycles. The summed E-state index contributed by atoms with van der Waals surface area (Å²) in [5.74, 6) is -1.13. The summed E-state index contributed by atoms with van der Waals surface area (Å²) < 4.78 is -0.737. The van der Waals surface area contributed by atoms with Gasteiger partial charge in [-0.3, -0.25) is 14.4 Å². The SMILES string of the molecule is CN1CC=C[C@@H]2S[C@]34C=CCN(C(C)(C)C)C(=O)C3N(CCCCCO)C(=O)[C@@H]4[C@@H]2C1=O. The molecule has 4 rings (SSSR count). The smallest absolute Gasteiger partial charge is 0.247 e. The van der Waals surface area contributed by atoms with E-state index in [-0.39, 0.29) is 35.1 Å². The number of carbonyl (C=O) groups excluding carboxylic acids is 3. The zero-order valence-electron chi connectivity index (χ0n) is 19.5. The van der Waals surface area contributed by atoms with Crippen LogP contribution in [-0.2, 0) is 14.4 Å². The van der Waals surface area contributed by atoms with E-state index in [4.69, 9.17) is 5.11 Å². The number of unbranched alkanes of at least 4 members (excludes halogenated alkanes) is 2. The lowest BCUT2D eigenvalue weighted by Gasteiger charge is -2.40. The molecular weight excluding hydrogens is 426 g/mol. The van der Waals surface area contributed by atoms with Crippen LogP contribution in [0, 0.1) is 11.8 Å². The van der Waals surface area contributed by atoms with Gasteiger partial charge in [0.1, 0.15) is 6.04 Å². The summed E-state index contributed by atoms with van der Waals surface area (Å²) in [5, 5.41) is 9.03. The molecule has 0 aliphatic carbocycles. The molecule has 1 unspecified atom stereocenters. The molecule has 1 N–H and O–H groups in total. The summed E-state index contributed by atoms with van der Waals surface area (Å²) in [5.41, 5.74) is -0.375. The predicted octanol–water partition coefficient (Wildman–Crippen LogP) is 1.67. The first-order valence-corrected chi connectivity index (χ1v) is 12.5. The van der Waals surface area contributed by atoms with E-state index in [2.05, 4.69) is 12.2 Å². The molecule has 0 aromatic rings. The van der Waals surface area contributed by atoms with E-state index in [1.54, 1.807) is 28.6 Å². The van der Waals surface area contributed by atoms with Crippen LogP contribution in [0.15, 0.2) is 24.3 Å². The third-order valence-corrected chi connectivity index (χ3v) is 8.97. The Morgan fingerprint density at radius 1 is 1.06 bits per heavy atom. The summed E-state index contributed by atoms with van der Waals surface area (Å²) in [7, 11) is 1.78. The summed E-state index contributed by atoms with van der Waals surface area (Å²) in [4.78, 5) is 46.6. The van der Waals surface area contributed by atoms with E-state index in [9.17, 15) is 14.4 Å². The lowest BCUT2D eigenvalue weighted by Crippen LogP contribution is -2.57. The molecule has 32 heavy (non-hydrogen) atoms. The Labute approximate surface area is 194 Å². The quantitative estimate of drug-likeness (QED) is 0.498. The first-order chi connectivity index (χ1) is 15.1. The first-order valence-electron chi connectivity index (χ1n) is 11.6. The highest BCUT2D eigenvalue weighted by Crippen LogP contribution is 2.61. The highest BCUT2D eigenvalue weighted by Gasteiger charge is 2.71. The molecule has 4 heterocycles. The molecule has 2 fully saturated rings. The molecule has 176 valence electrons. The van der Waals surface area contributed by atoms with Gasteiger partial charge in [-0.25, -0.2) is 0 Å². The van der Waals surface area contributed by atoms with Gasteiger partial charge in [-0.15, -0.1) is 11.8 Å². The van der Waals surface area contributed by atoms with Gasteiger partial charge in [0.15, 0.2) is 0 Å². The molecule has 5 atom stereocenters. The van der Waals surface area contributed by atoms with Crippen LogP contribution in [0.3, 0.4) is 0 Å². The van der Waals surface area contributed by atoms with Crippen molar-refractivity contribution in [2.24, 2.45) is 11.8 Å². The lowest BCUT2D eigenvalue weighted by molar-refractivity contribution is -0.145. The monoisotopic (exact) mass is 461 g/mol. The molecule has 1 spiro atoms. The van der Waals surface area contributed by atoms with Crippen molar-refractivity contribution < 1.29 is 19.5 Å². The Balaban J connectivity index is 1.77. The maximum absolute atomic E-state index is 14.0. The molecule has 2 saturated heterocycles. The van der Waals surface area contributed by atoms with Crippen LogP contribution in [0.5, 0.6) is 0 Å². The van der Waals surface area contributed by atoms with Gasteiger partial charge in [0.25, 0.3) is 0 Å². The van der Waals surface area contributed by atoms with Crippen molar-refractivity contribution in [3.05, 3.63) is 24.3 Å². The van der Waals surface area contributed by atoms with Crippen LogP contribution in [0.1, 0.15) is 40.0 Å². The number of rotatable bonds is 5. The number of hydrogen-bond donors (Lipinski definition) is 1. The first kappa shape index (κ1) is 23.4. The van der Waals surface area contributed by atoms with Crippen LogP contribution in [0.2, 0.25) is 0 Å². The summed E-state index contributed by atoms with van der Waals surface area (Å²) >= 11 is 1.63. The van der Waals surface area contributed by atoms with E-state index < -0.39 is 22.6 Å². The van der Waals surface area contributed by atoms with Crippen LogP contribution < -0.4 is 0 Å². The van der Waals surface area contributed by atoms with E-state index in [0.717, 1.165) is 12.8 Å². The Hall–Kier alpha value is -1.80. The molecule has 0 radical (unpaired) electrons. The summed E-state index contributed by atoms with van der Waals surface area (Å²) in [6.45, 7) is 7.69. The number of carbonyl (C=O) groups is 3. The molecule has 3 amide bonds. The van der Waals surface area contributed by atoms with Gasteiger partial charge in [0.05, 0.1) is 16.6 Å². The second-order valence-corrected chi connectivity index (χ2v) is 11.8. The van der Waals surface area contributed by atoms with Gasteiger partial charge in [0, 0.05) is 44.1 Å². The van der Waals surface area contributed by atoms with Crippen molar-refractivity contribution >= 4 is 29.5 Å². The average molecular weight is 462 g/mol. The fourth-order valence-electron chi connectivity index (χ4n) is 5.68. The Morgan fingerprint density at radius 3 is 2.50 bits per heavy atom.